The fourth-order valence-electron chi connectivity index (χ4n) is 4.95. The average Bonchev–Trinajstić information content (AvgIpc) is 2.88. The van der Waals surface area contributed by atoms with Crippen molar-refractivity contribution in [1.29, 1.82) is 0 Å². The van der Waals surface area contributed by atoms with Gasteiger partial charge in [-0.05, 0) is 12.8 Å². The van der Waals surface area contributed by atoms with Crippen molar-refractivity contribution in [1.82, 2.24) is 0 Å². The maximum absolute atomic E-state index is 11.7. The molecule has 0 rings (SSSR count). The van der Waals surface area contributed by atoms with Gasteiger partial charge in [0.25, 0.3) is 0 Å². The van der Waals surface area contributed by atoms with Crippen molar-refractivity contribution in [3.8, 4) is 0 Å². The van der Waals surface area contributed by atoms with Crippen molar-refractivity contribution >= 4 is 6.16 Å². The lowest BCUT2D eigenvalue weighted by Gasteiger charge is -2.07. The number of carbonyl (C=O) groups excluding carboxylic acids is 1. The fourth-order valence-corrected chi connectivity index (χ4v) is 4.95. The zero-order valence-corrected chi connectivity index (χ0v) is 24.9. The Morgan fingerprint density at radius 1 is 0.333 bits per heavy atom. The van der Waals surface area contributed by atoms with E-state index in [1.165, 1.54) is 154 Å². The van der Waals surface area contributed by atoms with Crippen LogP contribution in [0.2, 0.25) is 0 Å². The molecule has 0 aromatic heterocycles. The Balaban J connectivity index is 3.14. The molecule has 0 unspecified atom stereocenters. The Labute approximate surface area is 227 Å². The molecule has 0 saturated carbocycles. The van der Waals surface area contributed by atoms with E-state index in [-0.39, 0.29) is 0 Å². The lowest BCUT2D eigenvalue weighted by Crippen LogP contribution is -2.09. The van der Waals surface area contributed by atoms with Crippen molar-refractivity contribution < 1.29 is 14.3 Å². The van der Waals surface area contributed by atoms with E-state index in [9.17, 15) is 4.79 Å². The van der Waals surface area contributed by atoms with E-state index in [4.69, 9.17) is 9.47 Å². The average molecular weight is 511 g/mol. The SMILES string of the molecule is CCCCCCCCCCCCCCCCCOC(=O)OCCCCCCCCCCCCCCC. The summed E-state index contributed by atoms with van der Waals surface area (Å²) in [6.45, 7) is 5.58. The molecule has 0 N–H and O–H groups in total. The third-order valence-corrected chi connectivity index (χ3v) is 7.44. The molecule has 0 bridgehead atoms. The first-order valence-corrected chi connectivity index (χ1v) is 16.6. The Hall–Kier alpha value is -0.730. The topological polar surface area (TPSA) is 35.5 Å². The van der Waals surface area contributed by atoms with E-state index in [1.54, 1.807) is 0 Å². The number of ether oxygens (including phenoxy) is 2. The van der Waals surface area contributed by atoms with Gasteiger partial charge in [-0.3, -0.25) is 0 Å². The van der Waals surface area contributed by atoms with Crippen LogP contribution in [-0.2, 0) is 9.47 Å². The predicted molar refractivity (Wildman–Crippen MR) is 158 cm³/mol. The van der Waals surface area contributed by atoms with Crippen LogP contribution < -0.4 is 0 Å². The molecule has 0 amide bonds. The van der Waals surface area contributed by atoms with E-state index in [2.05, 4.69) is 13.8 Å². The summed E-state index contributed by atoms with van der Waals surface area (Å²) in [5.74, 6) is 0. The zero-order chi connectivity index (χ0) is 26.2. The van der Waals surface area contributed by atoms with Gasteiger partial charge in [-0.1, -0.05) is 181 Å². The maximum Gasteiger partial charge on any atom is 0.508 e. The normalized spacial score (nSPS) is 11.2. The highest BCUT2D eigenvalue weighted by molar-refractivity contribution is 5.59. The molecule has 0 aliphatic heterocycles. The summed E-state index contributed by atoms with van der Waals surface area (Å²) in [7, 11) is 0. The van der Waals surface area contributed by atoms with Gasteiger partial charge in [0.2, 0.25) is 0 Å². The Bertz CT molecular complexity index is 410. The molecule has 0 aliphatic rings. The molecule has 3 heteroatoms. The highest BCUT2D eigenvalue weighted by Gasteiger charge is 2.03. The van der Waals surface area contributed by atoms with Crippen molar-refractivity contribution in [3.63, 3.8) is 0 Å². The van der Waals surface area contributed by atoms with Gasteiger partial charge in [0.05, 0.1) is 13.2 Å². The van der Waals surface area contributed by atoms with Gasteiger partial charge >= 0.3 is 6.16 Å². The molecule has 36 heavy (non-hydrogen) atoms. The quantitative estimate of drug-likeness (QED) is 0.0711. The number of hydrogen-bond acceptors (Lipinski definition) is 3. The minimum Gasteiger partial charge on any atom is -0.434 e. The fraction of sp³-hybridized carbons (Fsp3) is 0.970. The molecular formula is C33H66O3. The number of unbranched alkanes of at least 4 members (excludes halogenated alkanes) is 26. The molecule has 0 saturated heterocycles. The number of hydrogen-bond donors (Lipinski definition) is 0. The summed E-state index contributed by atoms with van der Waals surface area (Å²) in [5.41, 5.74) is 0. The first kappa shape index (κ1) is 35.3. The first-order valence-electron chi connectivity index (χ1n) is 16.6. The van der Waals surface area contributed by atoms with Gasteiger partial charge in [0.15, 0.2) is 0 Å². The summed E-state index contributed by atoms with van der Waals surface area (Å²) in [6, 6.07) is 0. The van der Waals surface area contributed by atoms with E-state index in [0.29, 0.717) is 13.2 Å². The van der Waals surface area contributed by atoms with Crippen LogP contribution in [0.5, 0.6) is 0 Å². The van der Waals surface area contributed by atoms with Crippen LogP contribution in [0.3, 0.4) is 0 Å². The highest BCUT2D eigenvalue weighted by Crippen LogP contribution is 2.14. The standard InChI is InChI=1S/C33H66O3/c1-3-5-7-9-11-13-15-17-18-20-22-24-26-28-30-32-36-33(34)35-31-29-27-25-23-21-19-16-14-12-10-8-6-4-2/h3-32H2,1-2H3. The lowest BCUT2D eigenvalue weighted by molar-refractivity contribution is 0.0529. The summed E-state index contributed by atoms with van der Waals surface area (Å²) in [5, 5.41) is 0. The van der Waals surface area contributed by atoms with E-state index in [1.807, 2.05) is 0 Å². The molecule has 0 heterocycles. The third kappa shape index (κ3) is 31.3. The van der Waals surface area contributed by atoms with Gasteiger partial charge < -0.3 is 9.47 Å². The van der Waals surface area contributed by atoms with E-state index in [0.717, 1.165) is 25.7 Å². The minimum atomic E-state index is -0.473. The summed E-state index contributed by atoms with van der Waals surface area (Å²) in [6.07, 6.45) is 37.0. The molecule has 0 aromatic carbocycles. The van der Waals surface area contributed by atoms with Crippen LogP contribution in [-0.4, -0.2) is 19.4 Å². The minimum absolute atomic E-state index is 0.473. The Morgan fingerprint density at radius 2 is 0.528 bits per heavy atom. The van der Waals surface area contributed by atoms with Crippen LogP contribution in [0.1, 0.15) is 194 Å². The molecule has 0 aromatic rings. The third-order valence-electron chi connectivity index (χ3n) is 7.44. The lowest BCUT2D eigenvalue weighted by atomic mass is 10.0. The highest BCUT2D eigenvalue weighted by atomic mass is 16.7. The smallest absolute Gasteiger partial charge is 0.434 e. The number of carbonyl (C=O) groups is 1. The van der Waals surface area contributed by atoms with Crippen LogP contribution in [0.4, 0.5) is 4.79 Å². The molecule has 0 atom stereocenters. The summed E-state index contributed by atoms with van der Waals surface area (Å²) in [4.78, 5) is 11.7. The van der Waals surface area contributed by atoms with E-state index >= 15 is 0 Å². The molecule has 0 radical (unpaired) electrons. The second-order valence-electron chi connectivity index (χ2n) is 11.1. The van der Waals surface area contributed by atoms with Gasteiger partial charge in [0.1, 0.15) is 0 Å². The molecular weight excluding hydrogens is 444 g/mol. The van der Waals surface area contributed by atoms with Crippen LogP contribution >= 0.6 is 0 Å². The first-order chi connectivity index (χ1) is 17.8. The van der Waals surface area contributed by atoms with Crippen molar-refractivity contribution in [2.24, 2.45) is 0 Å². The molecule has 0 aliphatic carbocycles. The second kappa shape index (κ2) is 32.3. The molecule has 0 fully saturated rings. The van der Waals surface area contributed by atoms with Gasteiger partial charge in [0, 0.05) is 0 Å². The van der Waals surface area contributed by atoms with Crippen LogP contribution in [0, 0.1) is 0 Å². The Kier molecular flexibility index (Phi) is 31.6. The maximum atomic E-state index is 11.7. The van der Waals surface area contributed by atoms with Crippen molar-refractivity contribution in [3.05, 3.63) is 0 Å². The summed E-state index contributed by atoms with van der Waals surface area (Å²) < 4.78 is 10.4. The molecule has 0 spiro atoms. The molecule has 3 nitrogen and oxygen atoms in total. The van der Waals surface area contributed by atoms with Crippen molar-refractivity contribution in [2.75, 3.05) is 13.2 Å². The second-order valence-corrected chi connectivity index (χ2v) is 11.1. The Morgan fingerprint density at radius 3 is 0.750 bits per heavy atom. The summed E-state index contributed by atoms with van der Waals surface area (Å²) >= 11 is 0. The van der Waals surface area contributed by atoms with Crippen LogP contribution in [0.25, 0.3) is 0 Å². The van der Waals surface area contributed by atoms with Gasteiger partial charge in [-0.15, -0.1) is 0 Å². The van der Waals surface area contributed by atoms with Gasteiger partial charge in [-0.25, -0.2) is 4.79 Å². The zero-order valence-electron chi connectivity index (χ0n) is 24.9. The van der Waals surface area contributed by atoms with Crippen LogP contribution in [0.15, 0.2) is 0 Å². The number of rotatable bonds is 30. The van der Waals surface area contributed by atoms with Crippen molar-refractivity contribution in [2.45, 2.75) is 194 Å². The monoisotopic (exact) mass is 511 g/mol. The molecule has 216 valence electrons. The van der Waals surface area contributed by atoms with E-state index < -0.39 is 6.16 Å². The largest absolute Gasteiger partial charge is 0.508 e. The van der Waals surface area contributed by atoms with Gasteiger partial charge in [-0.2, -0.15) is 0 Å². The predicted octanol–water partition coefficient (Wildman–Crippen LogP) is 12.1.